The Balaban J connectivity index is 3.14. The average molecular weight is 174 g/mol. The van der Waals surface area contributed by atoms with Gasteiger partial charge in [0.1, 0.15) is 0 Å². The van der Waals surface area contributed by atoms with E-state index in [2.05, 4.69) is 5.32 Å². The lowest BCUT2D eigenvalue weighted by Crippen LogP contribution is -2.28. The van der Waals surface area contributed by atoms with Gasteiger partial charge in [0.05, 0.1) is 13.2 Å². The molecule has 0 saturated heterocycles. The molecule has 72 valence electrons. The zero-order valence-corrected chi connectivity index (χ0v) is 8.09. The van der Waals surface area contributed by atoms with E-state index >= 15 is 0 Å². The van der Waals surface area contributed by atoms with Gasteiger partial charge in [-0.25, -0.2) is 0 Å². The summed E-state index contributed by atoms with van der Waals surface area (Å²) in [5.74, 6) is 0.0761. The topological polar surface area (TPSA) is 41.6 Å². The number of amides is 1. The summed E-state index contributed by atoms with van der Waals surface area (Å²) in [4.78, 5) is 12.4. The summed E-state index contributed by atoms with van der Waals surface area (Å²) in [6.07, 6.45) is 0. The number of carbonyl (C=O) groups is 1. The second-order valence-electron chi connectivity index (χ2n) is 2.66. The maximum atomic E-state index is 10.7. The van der Waals surface area contributed by atoms with Gasteiger partial charge in [-0.15, -0.1) is 0 Å². The lowest BCUT2D eigenvalue weighted by atomic mass is 10.5. The summed E-state index contributed by atoms with van der Waals surface area (Å²) in [5.41, 5.74) is 0. The fraction of sp³-hybridized carbons (Fsp3) is 0.875. The van der Waals surface area contributed by atoms with Gasteiger partial charge in [-0.3, -0.25) is 4.79 Å². The first-order chi connectivity index (χ1) is 5.68. The quantitative estimate of drug-likeness (QED) is 0.562. The molecule has 0 atom stereocenters. The molecule has 1 N–H and O–H groups in total. The van der Waals surface area contributed by atoms with Crippen LogP contribution in [0.15, 0.2) is 0 Å². The molecule has 0 aromatic heterocycles. The molecule has 0 fully saturated rings. The van der Waals surface area contributed by atoms with Gasteiger partial charge in [0.2, 0.25) is 5.91 Å². The van der Waals surface area contributed by atoms with Crippen LogP contribution in [0, 0.1) is 0 Å². The predicted molar refractivity (Wildman–Crippen MR) is 48.1 cm³/mol. The number of nitrogens with one attached hydrogen (secondary N) is 1. The van der Waals surface area contributed by atoms with Gasteiger partial charge in [-0.05, 0) is 7.05 Å². The SMILES string of the molecule is CNCCOCCN(C)C(C)=O. The Morgan fingerprint density at radius 2 is 2.17 bits per heavy atom. The second-order valence-corrected chi connectivity index (χ2v) is 2.66. The lowest BCUT2D eigenvalue weighted by Gasteiger charge is -2.14. The van der Waals surface area contributed by atoms with Crippen LogP contribution in [0.5, 0.6) is 0 Å². The van der Waals surface area contributed by atoms with E-state index in [1.807, 2.05) is 7.05 Å². The molecule has 0 radical (unpaired) electrons. The molecule has 0 bridgehead atoms. The Hall–Kier alpha value is -0.610. The second kappa shape index (κ2) is 7.06. The first kappa shape index (κ1) is 11.4. The molecule has 0 heterocycles. The first-order valence-corrected chi connectivity index (χ1v) is 4.12. The van der Waals surface area contributed by atoms with E-state index in [4.69, 9.17) is 4.74 Å². The van der Waals surface area contributed by atoms with Crippen molar-refractivity contribution in [3.05, 3.63) is 0 Å². The summed E-state index contributed by atoms with van der Waals surface area (Å²) in [5, 5.41) is 2.97. The molecule has 4 heteroatoms. The molecular weight excluding hydrogens is 156 g/mol. The van der Waals surface area contributed by atoms with Crippen molar-refractivity contribution in [1.82, 2.24) is 10.2 Å². The number of rotatable bonds is 6. The van der Waals surface area contributed by atoms with Crippen molar-refractivity contribution in [2.24, 2.45) is 0 Å². The molecule has 1 amide bonds. The van der Waals surface area contributed by atoms with Gasteiger partial charge < -0.3 is 15.0 Å². The molecule has 0 saturated carbocycles. The minimum atomic E-state index is 0.0761. The van der Waals surface area contributed by atoms with Crippen LogP contribution in [0.2, 0.25) is 0 Å². The van der Waals surface area contributed by atoms with Gasteiger partial charge in [0.15, 0.2) is 0 Å². The normalized spacial score (nSPS) is 9.92. The van der Waals surface area contributed by atoms with Crippen molar-refractivity contribution in [3.8, 4) is 0 Å². The highest BCUT2D eigenvalue weighted by molar-refractivity contribution is 5.72. The van der Waals surface area contributed by atoms with E-state index < -0.39 is 0 Å². The minimum absolute atomic E-state index is 0.0761. The van der Waals surface area contributed by atoms with E-state index in [-0.39, 0.29) is 5.91 Å². The smallest absolute Gasteiger partial charge is 0.219 e. The summed E-state index contributed by atoms with van der Waals surface area (Å²) >= 11 is 0. The first-order valence-electron chi connectivity index (χ1n) is 4.12. The molecular formula is C8H18N2O2. The Kier molecular flexibility index (Phi) is 6.70. The monoisotopic (exact) mass is 174 g/mol. The Bertz CT molecular complexity index is 128. The molecule has 0 aromatic rings. The van der Waals surface area contributed by atoms with E-state index in [0.717, 1.165) is 6.54 Å². The van der Waals surface area contributed by atoms with Crippen LogP contribution in [-0.2, 0) is 9.53 Å². The zero-order chi connectivity index (χ0) is 9.40. The maximum absolute atomic E-state index is 10.7. The van der Waals surface area contributed by atoms with Crippen LogP contribution < -0.4 is 5.32 Å². The highest BCUT2D eigenvalue weighted by Crippen LogP contribution is 1.83. The van der Waals surface area contributed by atoms with Crippen molar-refractivity contribution < 1.29 is 9.53 Å². The van der Waals surface area contributed by atoms with Crippen LogP contribution in [-0.4, -0.2) is 51.2 Å². The fourth-order valence-corrected chi connectivity index (χ4v) is 0.635. The molecule has 4 nitrogen and oxygen atoms in total. The zero-order valence-electron chi connectivity index (χ0n) is 8.09. The number of likely N-dealkylation sites (N-methyl/N-ethyl adjacent to an activating group) is 2. The van der Waals surface area contributed by atoms with Crippen LogP contribution >= 0.6 is 0 Å². The predicted octanol–water partition coefficient (Wildman–Crippen LogP) is -0.299. The summed E-state index contributed by atoms with van der Waals surface area (Å²) in [6.45, 7) is 4.37. The third kappa shape index (κ3) is 6.12. The van der Waals surface area contributed by atoms with Gasteiger partial charge in [-0.1, -0.05) is 0 Å². The molecule has 0 aliphatic carbocycles. The van der Waals surface area contributed by atoms with E-state index in [1.54, 1.807) is 18.9 Å². The van der Waals surface area contributed by atoms with Crippen LogP contribution in [0.25, 0.3) is 0 Å². The van der Waals surface area contributed by atoms with Gasteiger partial charge in [-0.2, -0.15) is 0 Å². The molecule has 0 aromatic carbocycles. The van der Waals surface area contributed by atoms with Gasteiger partial charge >= 0.3 is 0 Å². The third-order valence-corrected chi connectivity index (χ3v) is 1.60. The van der Waals surface area contributed by atoms with Gasteiger partial charge in [0, 0.05) is 27.1 Å². The number of hydrogen-bond donors (Lipinski definition) is 1. The standard InChI is InChI=1S/C8H18N2O2/c1-8(11)10(3)5-7-12-6-4-9-2/h9H,4-7H2,1-3H3. The number of hydrogen-bond acceptors (Lipinski definition) is 3. The largest absolute Gasteiger partial charge is 0.378 e. The summed E-state index contributed by atoms with van der Waals surface area (Å²) in [7, 11) is 3.65. The molecule has 0 spiro atoms. The van der Waals surface area contributed by atoms with Crippen molar-refractivity contribution >= 4 is 5.91 Å². The maximum Gasteiger partial charge on any atom is 0.219 e. The number of nitrogens with zero attached hydrogens (tertiary/aromatic N) is 1. The van der Waals surface area contributed by atoms with Crippen LogP contribution in [0.3, 0.4) is 0 Å². The third-order valence-electron chi connectivity index (χ3n) is 1.60. The van der Waals surface area contributed by atoms with Crippen LogP contribution in [0.4, 0.5) is 0 Å². The lowest BCUT2D eigenvalue weighted by molar-refractivity contribution is -0.128. The average Bonchev–Trinajstić information content (AvgIpc) is 2.03. The molecule has 0 rings (SSSR count). The van der Waals surface area contributed by atoms with E-state index in [1.165, 1.54) is 0 Å². The van der Waals surface area contributed by atoms with E-state index in [9.17, 15) is 4.79 Å². The van der Waals surface area contributed by atoms with Crippen molar-refractivity contribution in [2.45, 2.75) is 6.92 Å². The Morgan fingerprint density at radius 3 is 2.67 bits per heavy atom. The molecule has 0 unspecified atom stereocenters. The van der Waals surface area contributed by atoms with E-state index in [0.29, 0.717) is 19.8 Å². The van der Waals surface area contributed by atoms with Gasteiger partial charge in [0.25, 0.3) is 0 Å². The summed E-state index contributed by atoms with van der Waals surface area (Å²) < 4.78 is 5.24. The van der Waals surface area contributed by atoms with Crippen molar-refractivity contribution in [1.29, 1.82) is 0 Å². The van der Waals surface area contributed by atoms with Crippen molar-refractivity contribution in [2.75, 3.05) is 40.4 Å². The molecule has 0 aliphatic heterocycles. The number of ether oxygens (including phenoxy) is 1. The van der Waals surface area contributed by atoms with Crippen molar-refractivity contribution in [3.63, 3.8) is 0 Å². The summed E-state index contributed by atoms with van der Waals surface area (Å²) in [6, 6.07) is 0. The molecule has 0 aliphatic rings. The fourth-order valence-electron chi connectivity index (χ4n) is 0.635. The molecule has 12 heavy (non-hydrogen) atoms. The highest BCUT2D eigenvalue weighted by atomic mass is 16.5. The highest BCUT2D eigenvalue weighted by Gasteiger charge is 1.99. The van der Waals surface area contributed by atoms with Crippen LogP contribution in [0.1, 0.15) is 6.92 Å². The Labute approximate surface area is 73.9 Å². The number of carbonyl (C=O) groups excluding carboxylic acids is 1. The Morgan fingerprint density at radius 1 is 1.50 bits per heavy atom. The minimum Gasteiger partial charge on any atom is -0.378 e.